The fourth-order valence-corrected chi connectivity index (χ4v) is 4.29. The summed E-state index contributed by atoms with van der Waals surface area (Å²) in [6.45, 7) is 0. The summed E-state index contributed by atoms with van der Waals surface area (Å²) in [5.74, 6) is -1.22. The summed E-state index contributed by atoms with van der Waals surface area (Å²) >= 11 is 2.21. The van der Waals surface area contributed by atoms with Crippen molar-refractivity contribution in [3.63, 3.8) is 0 Å². The van der Waals surface area contributed by atoms with Crippen LogP contribution in [0, 0.1) is 3.70 Å². The molecule has 4 N–H and O–H groups in total. The number of aliphatic hydroxyl groups is 1. The molecule has 136 valence electrons. The van der Waals surface area contributed by atoms with Crippen LogP contribution in [-0.2, 0) is 16.0 Å². The monoisotopic (exact) mass is 467 g/mol. The molecule has 2 aliphatic carbocycles. The number of H-pyrrole nitrogens is 1. The summed E-state index contributed by atoms with van der Waals surface area (Å²) < 4.78 is 6.56. The van der Waals surface area contributed by atoms with E-state index in [1.165, 1.54) is 0 Å². The number of ether oxygens (including phenoxy) is 1. The lowest BCUT2D eigenvalue weighted by molar-refractivity contribution is -0.143. The van der Waals surface area contributed by atoms with Gasteiger partial charge >= 0.3 is 5.97 Å². The molecule has 1 heterocycles. The minimum absolute atomic E-state index is 0.244. The average Bonchev–Trinajstić information content (AvgIpc) is 3.16. The highest BCUT2D eigenvalue weighted by Gasteiger charge is 2.44. The number of benzene rings is 1. The van der Waals surface area contributed by atoms with E-state index in [-0.39, 0.29) is 12.8 Å². The van der Waals surface area contributed by atoms with Gasteiger partial charge in [-0.3, -0.25) is 9.89 Å². The highest BCUT2D eigenvalue weighted by atomic mass is 127. The second-order valence-corrected chi connectivity index (χ2v) is 7.97. The van der Waals surface area contributed by atoms with Gasteiger partial charge in [0, 0.05) is 17.5 Å². The predicted octanol–water partition coefficient (Wildman–Crippen LogP) is 1.90. The van der Waals surface area contributed by atoms with E-state index in [0.29, 0.717) is 24.8 Å². The number of primary amides is 1. The third-order valence-electron chi connectivity index (χ3n) is 5.28. The molecule has 26 heavy (non-hydrogen) atoms. The number of rotatable bonds is 3. The van der Waals surface area contributed by atoms with Crippen molar-refractivity contribution in [3.8, 4) is 11.3 Å². The first-order valence-electron chi connectivity index (χ1n) is 8.47. The van der Waals surface area contributed by atoms with E-state index < -0.39 is 23.6 Å². The number of amides is 1. The summed E-state index contributed by atoms with van der Waals surface area (Å²) in [4.78, 5) is 24.6. The first-order valence-corrected chi connectivity index (χ1v) is 9.55. The maximum Gasteiger partial charge on any atom is 0.339 e. The lowest BCUT2D eigenvalue weighted by Gasteiger charge is -2.35. The summed E-state index contributed by atoms with van der Waals surface area (Å²) in [6, 6.07) is 5.34. The molecule has 0 spiro atoms. The molecule has 0 saturated heterocycles. The Balaban J connectivity index is 1.57. The van der Waals surface area contributed by atoms with Crippen molar-refractivity contribution in [1.29, 1.82) is 0 Å². The van der Waals surface area contributed by atoms with Crippen molar-refractivity contribution < 1.29 is 19.4 Å². The van der Waals surface area contributed by atoms with Gasteiger partial charge in [-0.2, -0.15) is 5.10 Å². The summed E-state index contributed by atoms with van der Waals surface area (Å²) in [5, 5.41) is 16.9. The maximum absolute atomic E-state index is 12.7. The summed E-state index contributed by atoms with van der Waals surface area (Å²) in [7, 11) is 0. The number of fused-ring (bicyclic) bond motifs is 3. The Hall–Kier alpha value is -1.94. The standard InChI is InChI=1S/C18H18IN3O4/c19-15-13-8-10-7-9(1-2-12(10)14(13)21-22-15)16(24)26-18(17(20)25)5-3-11(23)4-6-18/h1-2,7,11,23H,3-6,8H2,(H2,20,25)(H,21,22). The zero-order chi connectivity index (χ0) is 18.5. The number of nitrogens with two attached hydrogens (primary N) is 1. The van der Waals surface area contributed by atoms with Crippen LogP contribution >= 0.6 is 22.6 Å². The molecule has 0 aliphatic heterocycles. The highest BCUT2D eigenvalue weighted by Crippen LogP contribution is 2.38. The Kier molecular flexibility index (Phi) is 4.26. The van der Waals surface area contributed by atoms with E-state index in [2.05, 4.69) is 32.8 Å². The van der Waals surface area contributed by atoms with Crippen LogP contribution in [0.5, 0.6) is 0 Å². The van der Waals surface area contributed by atoms with Gasteiger partial charge in [-0.25, -0.2) is 4.79 Å². The van der Waals surface area contributed by atoms with E-state index in [4.69, 9.17) is 10.5 Å². The Labute approximate surface area is 163 Å². The zero-order valence-corrected chi connectivity index (χ0v) is 16.1. The van der Waals surface area contributed by atoms with Crippen LogP contribution in [0.4, 0.5) is 0 Å². The first-order chi connectivity index (χ1) is 12.4. The molecule has 8 heteroatoms. The second kappa shape index (κ2) is 6.34. The average molecular weight is 467 g/mol. The molecule has 1 aromatic heterocycles. The molecule has 0 radical (unpaired) electrons. The maximum atomic E-state index is 12.7. The number of nitrogens with one attached hydrogen (secondary N) is 1. The number of aromatic nitrogens is 2. The summed E-state index contributed by atoms with van der Waals surface area (Å²) in [6.07, 6.45) is 1.49. The van der Waals surface area contributed by atoms with Crippen molar-refractivity contribution in [1.82, 2.24) is 10.2 Å². The lowest BCUT2D eigenvalue weighted by atomic mass is 9.82. The van der Waals surface area contributed by atoms with Gasteiger partial charge in [0.1, 0.15) is 0 Å². The Bertz CT molecular complexity index is 900. The van der Waals surface area contributed by atoms with Crippen molar-refractivity contribution in [2.75, 3.05) is 0 Å². The van der Waals surface area contributed by atoms with Crippen LogP contribution < -0.4 is 5.73 Å². The number of carbonyl (C=O) groups is 2. The van der Waals surface area contributed by atoms with Gasteiger partial charge in [-0.1, -0.05) is 6.07 Å². The molecule has 0 bridgehead atoms. The number of hydrogen-bond donors (Lipinski definition) is 3. The topological polar surface area (TPSA) is 118 Å². The molecule has 0 atom stereocenters. The van der Waals surface area contributed by atoms with Crippen molar-refractivity contribution in [2.45, 2.75) is 43.8 Å². The van der Waals surface area contributed by atoms with Crippen molar-refractivity contribution in [3.05, 3.63) is 38.6 Å². The van der Waals surface area contributed by atoms with Crippen LogP contribution in [0.3, 0.4) is 0 Å². The van der Waals surface area contributed by atoms with Gasteiger partial charge in [-0.15, -0.1) is 0 Å². The number of nitrogens with zero attached hydrogens (tertiary/aromatic N) is 1. The van der Waals surface area contributed by atoms with Crippen molar-refractivity contribution >= 4 is 34.5 Å². The Morgan fingerprint density at radius 2 is 2.08 bits per heavy atom. The van der Waals surface area contributed by atoms with E-state index in [1.54, 1.807) is 12.1 Å². The van der Waals surface area contributed by atoms with Crippen molar-refractivity contribution in [2.24, 2.45) is 5.73 Å². The molecule has 2 aromatic rings. The molecule has 1 amide bonds. The molecular weight excluding hydrogens is 449 g/mol. The fraction of sp³-hybridized carbons (Fsp3) is 0.389. The molecule has 2 aliphatic rings. The zero-order valence-electron chi connectivity index (χ0n) is 13.9. The number of esters is 1. The van der Waals surface area contributed by atoms with E-state index in [9.17, 15) is 14.7 Å². The normalized spacial score (nSPS) is 24.0. The number of hydrogen-bond acceptors (Lipinski definition) is 5. The van der Waals surface area contributed by atoms with Crippen LogP contribution in [0.2, 0.25) is 0 Å². The van der Waals surface area contributed by atoms with Crippen LogP contribution in [-0.4, -0.2) is 38.9 Å². The minimum Gasteiger partial charge on any atom is -0.445 e. The fourth-order valence-electron chi connectivity index (χ4n) is 3.72. The molecule has 1 saturated carbocycles. The molecule has 0 unspecified atom stereocenters. The van der Waals surface area contributed by atoms with E-state index in [1.807, 2.05) is 6.07 Å². The van der Waals surface area contributed by atoms with E-state index >= 15 is 0 Å². The lowest BCUT2D eigenvalue weighted by Crippen LogP contribution is -2.50. The predicted molar refractivity (Wildman–Crippen MR) is 101 cm³/mol. The molecule has 7 nitrogen and oxygen atoms in total. The number of aliphatic hydroxyl groups excluding tert-OH is 1. The smallest absolute Gasteiger partial charge is 0.339 e. The summed E-state index contributed by atoms with van der Waals surface area (Å²) in [5.41, 5.74) is 8.62. The molecule has 1 aromatic carbocycles. The highest BCUT2D eigenvalue weighted by molar-refractivity contribution is 14.1. The van der Waals surface area contributed by atoms with Gasteiger partial charge in [-0.05, 0) is 66.0 Å². The third kappa shape index (κ3) is 2.81. The molecule has 1 fully saturated rings. The van der Waals surface area contributed by atoms with Crippen LogP contribution in [0.15, 0.2) is 18.2 Å². The van der Waals surface area contributed by atoms with E-state index in [0.717, 1.165) is 26.1 Å². The second-order valence-electron chi connectivity index (χ2n) is 6.89. The van der Waals surface area contributed by atoms with Crippen LogP contribution in [0.25, 0.3) is 11.3 Å². The largest absolute Gasteiger partial charge is 0.445 e. The molecular formula is C18H18IN3O4. The Morgan fingerprint density at radius 1 is 1.35 bits per heavy atom. The molecule has 4 rings (SSSR count). The Morgan fingerprint density at radius 3 is 2.77 bits per heavy atom. The number of carbonyl (C=O) groups excluding carboxylic acids is 2. The van der Waals surface area contributed by atoms with Gasteiger partial charge < -0.3 is 15.6 Å². The van der Waals surface area contributed by atoms with Gasteiger partial charge in [0.2, 0.25) is 0 Å². The SMILES string of the molecule is NC(=O)C1(OC(=O)c2ccc3c(c2)Cc2c-3n[nH]c2I)CCC(O)CC1. The minimum atomic E-state index is -1.34. The van der Waals surface area contributed by atoms with Gasteiger partial charge in [0.05, 0.1) is 21.1 Å². The first kappa shape index (κ1) is 17.5. The number of halogens is 1. The van der Waals surface area contributed by atoms with Gasteiger partial charge in [0.15, 0.2) is 5.60 Å². The number of aromatic amines is 1. The van der Waals surface area contributed by atoms with Crippen LogP contribution in [0.1, 0.15) is 47.2 Å². The third-order valence-corrected chi connectivity index (χ3v) is 6.17. The van der Waals surface area contributed by atoms with Gasteiger partial charge in [0.25, 0.3) is 5.91 Å². The quantitative estimate of drug-likeness (QED) is 0.402.